The van der Waals surface area contributed by atoms with Crippen molar-refractivity contribution in [3.8, 4) is 0 Å². The van der Waals surface area contributed by atoms with Gasteiger partial charge in [0.1, 0.15) is 5.54 Å². The Labute approximate surface area is 169 Å². The number of carbonyl (C=O) groups is 3. The molecule has 2 saturated heterocycles. The Balaban J connectivity index is 1.63. The zero-order valence-corrected chi connectivity index (χ0v) is 17.5. The van der Waals surface area contributed by atoms with E-state index in [9.17, 15) is 19.2 Å². The van der Waals surface area contributed by atoms with Gasteiger partial charge in [0.2, 0.25) is 5.91 Å². The van der Waals surface area contributed by atoms with Crippen molar-refractivity contribution in [1.82, 2.24) is 25.1 Å². The summed E-state index contributed by atoms with van der Waals surface area (Å²) < 4.78 is 0. The van der Waals surface area contributed by atoms with E-state index in [4.69, 9.17) is 0 Å². The lowest BCUT2D eigenvalue weighted by atomic mass is 9.85. The highest BCUT2D eigenvalue weighted by molar-refractivity contribution is 6.07. The fourth-order valence-corrected chi connectivity index (χ4v) is 4.36. The Bertz CT molecular complexity index is 857. The number of carbonyl (C=O) groups excluding carboxylic acids is 3. The van der Waals surface area contributed by atoms with Crippen LogP contribution >= 0.6 is 0 Å². The van der Waals surface area contributed by atoms with Crippen molar-refractivity contribution in [2.45, 2.75) is 58.9 Å². The summed E-state index contributed by atoms with van der Waals surface area (Å²) >= 11 is 0. The van der Waals surface area contributed by atoms with Crippen molar-refractivity contribution in [3.63, 3.8) is 0 Å². The Kier molecular flexibility index (Phi) is 5.77. The Hall–Kier alpha value is -2.71. The number of hydrogen-bond donors (Lipinski definition) is 2. The molecule has 3 rings (SSSR count). The molecule has 2 aliphatic heterocycles. The van der Waals surface area contributed by atoms with E-state index < -0.39 is 5.54 Å². The van der Waals surface area contributed by atoms with Crippen LogP contribution in [0.5, 0.6) is 0 Å². The molecule has 3 heterocycles. The molecular weight excluding hydrogens is 374 g/mol. The van der Waals surface area contributed by atoms with Crippen LogP contribution in [0, 0.1) is 19.8 Å². The zero-order valence-electron chi connectivity index (χ0n) is 17.5. The van der Waals surface area contributed by atoms with Crippen molar-refractivity contribution < 1.29 is 14.4 Å². The lowest BCUT2D eigenvalue weighted by Gasteiger charge is -2.42. The third-order valence-electron chi connectivity index (χ3n) is 5.94. The lowest BCUT2D eigenvalue weighted by Crippen LogP contribution is -2.58. The van der Waals surface area contributed by atoms with Crippen LogP contribution in [0.2, 0.25) is 0 Å². The number of imide groups is 1. The van der Waals surface area contributed by atoms with Gasteiger partial charge in [-0.25, -0.2) is 9.59 Å². The van der Waals surface area contributed by atoms with Crippen molar-refractivity contribution in [2.75, 3.05) is 19.6 Å². The van der Waals surface area contributed by atoms with Crippen molar-refractivity contribution in [2.24, 2.45) is 5.92 Å². The highest BCUT2D eigenvalue weighted by Crippen LogP contribution is 2.34. The summed E-state index contributed by atoms with van der Waals surface area (Å²) in [5.74, 6) is 0.00592. The molecule has 1 spiro atoms. The number of piperidine rings is 1. The van der Waals surface area contributed by atoms with E-state index in [1.807, 2.05) is 13.8 Å². The van der Waals surface area contributed by atoms with Gasteiger partial charge < -0.3 is 14.8 Å². The first-order valence-corrected chi connectivity index (χ1v) is 10.1. The van der Waals surface area contributed by atoms with E-state index in [0.29, 0.717) is 51.0 Å². The second-order valence-corrected chi connectivity index (χ2v) is 8.41. The Morgan fingerprint density at radius 3 is 2.41 bits per heavy atom. The number of nitrogens with zero attached hydrogens (tertiary/aromatic N) is 3. The van der Waals surface area contributed by atoms with Crippen molar-refractivity contribution in [3.05, 3.63) is 27.4 Å². The van der Waals surface area contributed by atoms with Gasteiger partial charge in [0, 0.05) is 37.4 Å². The molecule has 0 saturated carbocycles. The number of nitrogens with one attached hydrogen (secondary N) is 2. The molecule has 29 heavy (non-hydrogen) atoms. The van der Waals surface area contributed by atoms with E-state index in [-0.39, 0.29) is 29.5 Å². The van der Waals surface area contributed by atoms with E-state index in [1.165, 1.54) is 0 Å². The van der Waals surface area contributed by atoms with Crippen LogP contribution in [0.4, 0.5) is 4.79 Å². The lowest BCUT2D eigenvalue weighted by molar-refractivity contribution is -0.138. The van der Waals surface area contributed by atoms with Gasteiger partial charge in [-0.05, 0) is 44.6 Å². The molecule has 0 aliphatic carbocycles. The molecule has 0 bridgehead atoms. The van der Waals surface area contributed by atoms with Crippen molar-refractivity contribution in [1.29, 1.82) is 0 Å². The third-order valence-corrected chi connectivity index (χ3v) is 5.94. The number of aromatic nitrogens is 2. The van der Waals surface area contributed by atoms with Crippen LogP contribution in [0.25, 0.3) is 0 Å². The smallest absolute Gasteiger partial charge is 0.342 e. The maximum atomic E-state index is 12.7. The highest BCUT2D eigenvalue weighted by atomic mass is 16.2. The molecule has 9 heteroatoms. The van der Waals surface area contributed by atoms with Gasteiger partial charge >= 0.3 is 11.7 Å². The number of rotatable bonds is 5. The first-order chi connectivity index (χ1) is 13.6. The molecule has 0 radical (unpaired) electrons. The summed E-state index contributed by atoms with van der Waals surface area (Å²) in [6.45, 7) is 9.00. The van der Waals surface area contributed by atoms with Crippen LogP contribution < -0.4 is 11.0 Å². The maximum Gasteiger partial charge on any atom is 0.345 e. The minimum atomic E-state index is -0.839. The quantitative estimate of drug-likeness (QED) is 0.709. The second-order valence-electron chi connectivity index (χ2n) is 8.41. The Morgan fingerprint density at radius 2 is 1.83 bits per heavy atom. The summed E-state index contributed by atoms with van der Waals surface area (Å²) in [5.41, 5.74) is 1.04. The van der Waals surface area contributed by atoms with Gasteiger partial charge in [-0.1, -0.05) is 13.8 Å². The van der Waals surface area contributed by atoms with Gasteiger partial charge in [-0.2, -0.15) is 4.98 Å². The third kappa shape index (κ3) is 4.04. The van der Waals surface area contributed by atoms with Crippen LogP contribution in [0.3, 0.4) is 0 Å². The fourth-order valence-electron chi connectivity index (χ4n) is 4.36. The predicted molar refractivity (Wildman–Crippen MR) is 106 cm³/mol. The van der Waals surface area contributed by atoms with Gasteiger partial charge in [0.05, 0.1) is 0 Å². The van der Waals surface area contributed by atoms with E-state index in [2.05, 4.69) is 15.3 Å². The van der Waals surface area contributed by atoms with Crippen molar-refractivity contribution >= 4 is 17.8 Å². The van der Waals surface area contributed by atoms with Crippen LogP contribution in [-0.4, -0.2) is 62.8 Å². The van der Waals surface area contributed by atoms with Gasteiger partial charge in [0.15, 0.2) is 0 Å². The van der Waals surface area contributed by atoms with Crippen LogP contribution in [0.15, 0.2) is 4.79 Å². The normalized spacial score (nSPS) is 18.7. The number of likely N-dealkylation sites (tertiary alicyclic amines) is 1. The predicted octanol–water partition coefficient (Wildman–Crippen LogP) is 0.888. The first kappa shape index (κ1) is 21.0. The summed E-state index contributed by atoms with van der Waals surface area (Å²) in [7, 11) is 0. The molecule has 4 amide bonds. The largest absolute Gasteiger partial charge is 0.345 e. The monoisotopic (exact) mass is 403 g/mol. The molecule has 9 nitrogen and oxygen atoms in total. The van der Waals surface area contributed by atoms with E-state index >= 15 is 0 Å². The molecule has 158 valence electrons. The van der Waals surface area contributed by atoms with Gasteiger partial charge in [-0.15, -0.1) is 0 Å². The average molecular weight is 403 g/mol. The van der Waals surface area contributed by atoms with Gasteiger partial charge in [0.25, 0.3) is 5.91 Å². The maximum absolute atomic E-state index is 12.7. The zero-order chi connectivity index (χ0) is 21.3. The van der Waals surface area contributed by atoms with Crippen LogP contribution in [-0.2, 0) is 16.0 Å². The molecule has 2 fully saturated rings. The van der Waals surface area contributed by atoms with E-state index in [1.54, 1.807) is 23.6 Å². The summed E-state index contributed by atoms with van der Waals surface area (Å²) in [4.78, 5) is 58.9. The molecule has 2 N–H and O–H groups in total. The van der Waals surface area contributed by atoms with Gasteiger partial charge in [-0.3, -0.25) is 14.9 Å². The standard InChI is InChI=1S/C20H29N5O4/c1-12(2)11-25-19(29)23-17(27)20(25)7-9-24(10-8-20)16(26)6-5-15-13(3)21-18(28)22-14(15)4/h12H,5-11H2,1-4H3,(H,21,22,28)(H,23,27,29). The second kappa shape index (κ2) is 7.96. The summed E-state index contributed by atoms with van der Waals surface area (Å²) in [5, 5.41) is 2.45. The molecule has 2 aliphatic rings. The van der Waals surface area contributed by atoms with E-state index in [0.717, 1.165) is 11.3 Å². The molecular formula is C20H29N5O4. The summed E-state index contributed by atoms with van der Waals surface area (Å²) in [6, 6.07) is -0.333. The number of H-pyrrole nitrogens is 1. The number of aromatic amines is 1. The molecule has 1 aromatic heterocycles. The SMILES string of the molecule is Cc1nc(=O)[nH]c(C)c1CCC(=O)N1CCC2(CC1)C(=O)NC(=O)N2CC(C)C. The molecule has 0 unspecified atom stereocenters. The number of urea groups is 1. The molecule has 1 aromatic rings. The molecule has 0 atom stereocenters. The summed E-state index contributed by atoms with van der Waals surface area (Å²) in [6.07, 6.45) is 1.70. The highest BCUT2D eigenvalue weighted by Gasteiger charge is 2.54. The minimum Gasteiger partial charge on any atom is -0.342 e. The number of aryl methyl sites for hydroxylation is 2. The first-order valence-electron chi connectivity index (χ1n) is 10.1. The minimum absolute atomic E-state index is 0.00462. The fraction of sp³-hybridized carbons (Fsp3) is 0.650. The average Bonchev–Trinajstić information content (AvgIpc) is 2.85. The number of hydrogen-bond acceptors (Lipinski definition) is 5. The Morgan fingerprint density at radius 1 is 1.17 bits per heavy atom. The van der Waals surface area contributed by atoms with Crippen LogP contribution in [0.1, 0.15) is 50.1 Å². The topological polar surface area (TPSA) is 115 Å². The molecule has 0 aromatic carbocycles. The number of amides is 4.